The molecule has 0 amide bonds. The van der Waals surface area contributed by atoms with Gasteiger partial charge in [-0.05, 0) is 53.1 Å². The first kappa shape index (κ1) is 28.2. The molecule has 42 heavy (non-hydrogen) atoms. The summed E-state index contributed by atoms with van der Waals surface area (Å²) in [5.74, 6) is 2.06. The number of hydrogen-bond donors (Lipinski definition) is 0. The van der Waals surface area contributed by atoms with Gasteiger partial charge in [-0.25, -0.2) is 0 Å². The molecule has 0 fully saturated rings. The van der Waals surface area contributed by atoms with Crippen molar-refractivity contribution in [2.75, 3.05) is 7.11 Å². The smallest absolute Gasteiger partial charge is 0.185 e. The summed E-state index contributed by atoms with van der Waals surface area (Å²) < 4.78 is 23.9. The number of carbonyl (C=O) groups excluding carboxylic acids is 1. The number of hydrogen-bond acceptors (Lipinski definition) is 5. The summed E-state index contributed by atoms with van der Waals surface area (Å²) in [5.41, 5.74) is 4.31. The van der Waals surface area contributed by atoms with Crippen molar-refractivity contribution >= 4 is 11.9 Å². The maximum Gasteiger partial charge on any atom is 0.185 e. The highest BCUT2D eigenvalue weighted by molar-refractivity contribution is 6.07. The number of ether oxygens (including phenoxy) is 4. The Bertz CT molecular complexity index is 1610. The van der Waals surface area contributed by atoms with E-state index in [-0.39, 0.29) is 5.78 Å². The summed E-state index contributed by atoms with van der Waals surface area (Å²) in [6.45, 7) is 1.11. The second-order valence-corrected chi connectivity index (χ2v) is 9.56. The van der Waals surface area contributed by atoms with Gasteiger partial charge in [0.1, 0.15) is 19.8 Å². The van der Waals surface area contributed by atoms with E-state index in [1.807, 2.05) is 109 Å². The third-order valence-electron chi connectivity index (χ3n) is 6.57. The van der Waals surface area contributed by atoms with Crippen LogP contribution in [0.3, 0.4) is 0 Å². The van der Waals surface area contributed by atoms with Crippen LogP contribution in [0.15, 0.2) is 133 Å². The molecule has 0 aliphatic carbocycles. The number of para-hydroxylation sites is 1. The van der Waals surface area contributed by atoms with Gasteiger partial charge in [0.25, 0.3) is 0 Å². The fourth-order valence-corrected chi connectivity index (χ4v) is 4.33. The van der Waals surface area contributed by atoms with Crippen LogP contribution in [0.5, 0.6) is 23.0 Å². The Morgan fingerprint density at radius 3 is 1.69 bits per heavy atom. The third-order valence-corrected chi connectivity index (χ3v) is 6.57. The highest BCUT2D eigenvalue weighted by Gasteiger charge is 2.13. The molecule has 0 radical (unpaired) electrons. The number of benzene rings is 5. The molecule has 0 heterocycles. The average Bonchev–Trinajstić information content (AvgIpc) is 3.06. The molecule has 5 aromatic carbocycles. The molecule has 5 heteroatoms. The SMILES string of the molecule is COc1cccc(/C=C/C(=O)c2ccc(OCc3ccccc3)c(OCc3ccccc3)c2)c1OCc1ccccc1. The first-order valence-electron chi connectivity index (χ1n) is 13.7. The molecule has 0 bridgehead atoms. The third kappa shape index (κ3) is 7.67. The van der Waals surface area contributed by atoms with E-state index in [0.29, 0.717) is 48.4 Å². The van der Waals surface area contributed by atoms with E-state index in [4.69, 9.17) is 18.9 Å². The van der Waals surface area contributed by atoms with Gasteiger partial charge >= 0.3 is 0 Å². The molecule has 210 valence electrons. The predicted molar refractivity (Wildman–Crippen MR) is 165 cm³/mol. The van der Waals surface area contributed by atoms with Gasteiger partial charge in [-0.2, -0.15) is 0 Å². The van der Waals surface area contributed by atoms with Crippen molar-refractivity contribution in [2.45, 2.75) is 19.8 Å². The van der Waals surface area contributed by atoms with E-state index in [2.05, 4.69) is 0 Å². The van der Waals surface area contributed by atoms with Crippen molar-refractivity contribution in [1.29, 1.82) is 0 Å². The summed E-state index contributed by atoms with van der Waals surface area (Å²) in [7, 11) is 1.60. The Labute approximate surface area is 246 Å². The Kier molecular flexibility index (Phi) is 9.67. The molecule has 0 saturated heterocycles. The Morgan fingerprint density at radius 1 is 0.571 bits per heavy atom. The van der Waals surface area contributed by atoms with Crippen molar-refractivity contribution < 1.29 is 23.7 Å². The standard InChI is InChI=1S/C37H32O5/c1-39-35-19-11-18-31(37(35)42-27-30-16-9-4-10-17-30)20-22-33(38)32-21-23-34(40-25-28-12-5-2-6-13-28)36(24-32)41-26-29-14-7-3-8-15-29/h2-24H,25-27H2,1H3/b22-20+. The molecule has 0 spiro atoms. The van der Waals surface area contributed by atoms with Gasteiger partial charge in [0.05, 0.1) is 7.11 Å². The lowest BCUT2D eigenvalue weighted by Crippen LogP contribution is -2.03. The fraction of sp³-hybridized carbons (Fsp3) is 0.108. The Morgan fingerprint density at radius 2 is 1.12 bits per heavy atom. The number of allylic oxidation sites excluding steroid dienone is 1. The van der Waals surface area contributed by atoms with Crippen LogP contribution < -0.4 is 18.9 Å². The van der Waals surface area contributed by atoms with Gasteiger partial charge in [0, 0.05) is 11.1 Å². The zero-order valence-electron chi connectivity index (χ0n) is 23.4. The van der Waals surface area contributed by atoms with Gasteiger partial charge in [0.2, 0.25) is 0 Å². The maximum absolute atomic E-state index is 13.3. The van der Waals surface area contributed by atoms with E-state index in [1.165, 1.54) is 6.08 Å². The van der Waals surface area contributed by atoms with Crippen molar-refractivity contribution in [3.63, 3.8) is 0 Å². The quantitative estimate of drug-likeness (QED) is 0.108. The zero-order chi connectivity index (χ0) is 29.0. The molecule has 0 aliphatic heterocycles. The second kappa shape index (κ2) is 14.4. The lowest BCUT2D eigenvalue weighted by molar-refractivity contribution is 0.104. The summed E-state index contributed by atoms with van der Waals surface area (Å²) in [6, 6.07) is 40.6. The van der Waals surface area contributed by atoms with Crippen molar-refractivity contribution in [3.05, 3.63) is 161 Å². The predicted octanol–water partition coefficient (Wildman–Crippen LogP) is 8.33. The first-order valence-corrected chi connectivity index (χ1v) is 13.7. The van der Waals surface area contributed by atoms with Crippen LogP contribution in [0.1, 0.15) is 32.6 Å². The normalized spacial score (nSPS) is 10.8. The maximum atomic E-state index is 13.3. The minimum Gasteiger partial charge on any atom is -0.493 e. The Balaban J connectivity index is 1.35. The van der Waals surface area contributed by atoms with Gasteiger partial charge in [-0.3, -0.25) is 4.79 Å². The minimum absolute atomic E-state index is 0.175. The summed E-state index contributed by atoms with van der Waals surface area (Å²) >= 11 is 0. The minimum atomic E-state index is -0.175. The van der Waals surface area contributed by atoms with E-state index >= 15 is 0 Å². The summed E-state index contributed by atoms with van der Waals surface area (Å²) in [6.07, 6.45) is 3.28. The van der Waals surface area contributed by atoms with Crippen LogP contribution in [0.4, 0.5) is 0 Å². The lowest BCUT2D eigenvalue weighted by Gasteiger charge is -2.14. The molecule has 5 rings (SSSR count). The molecule has 0 N–H and O–H groups in total. The second-order valence-electron chi connectivity index (χ2n) is 9.56. The van der Waals surface area contributed by atoms with Crippen LogP contribution in [-0.4, -0.2) is 12.9 Å². The molecule has 0 unspecified atom stereocenters. The van der Waals surface area contributed by atoms with Crippen LogP contribution >= 0.6 is 0 Å². The molecule has 5 aromatic rings. The molecular formula is C37H32O5. The fourth-order valence-electron chi connectivity index (χ4n) is 4.33. The van der Waals surface area contributed by atoms with Crippen LogP contribution in [0, 0.1) is 0 Å². The van der Waals surface area contributed by atoms with Gasteiger partial charge in [-0.15, -0.1) is 0 Å². The summed E-state index contributed by atoms with van der Waals surface area (Å²) in [4.78, 5) is 13.3. The van der Waals surface area contributed by atoms with Gasteiger partial charge in [0.15, 0.2) is 28.8 Å². The van der Waals surface area contributed by atoms with E-state index < -0.39 is 0 Å². The number of carbonyl (C=O) groups is 1. The van der Waals surface area contributed by atoms with Crippen molar-refractivity contribution in [3.8, 4) is 23.0 Å². The largest absolute Gasteiger partial charge is 0.493 e. The first-order chi connectivity index (χ1) is 20.7. The number of ketones is 1. The number of methoxy groups -OCH3 is 1. The molecule has 0 atom stereocenters. The molecule has 0 aromatic heterocycles. The van der Waals surface area contributed by atoms with Crippen LogP contribution in [0.2, 0.25) is 0 Å². The van der Waals surface area contributed by atoms with E-state index in [0.717, 1.165) is 22.3 Å². The van der Waals surface area contributed by atoms with Crippen molar-refractivity contribution in [1.82, 2.24) is 0 Å². The highest BCUT2D eigenvalue weighted by atomic mass is 16.5. The van der Waals surface area contributed by atoms with Crippen molar-refractivity contribution in [2.24, 2.45) is 0 Å². The molecule has 0 saturated carbocycles. The molecule has 0 aliphatic rings. The summed E-state index contributed by atoms with van der Waals surface area (Å²) in [5, 5.41) is 0. The van der Waals surface area contributed by atoms with E-state index in [1.54, 1.807) is 31.4 Å². The molecule has 5 nitrogen and oxygen atoms in total. The number of rotatable bonds is 13. The topological polar surface area (TPSA) is 54.0 Å². The lowest BCUT2D eigenvalue weighted by atomic mass is 10.1. The zero-order valence-corrected chi connectivity index (χ0v) is 23.4. The van der Waals surface area contributed by atoms with E-state index in [9.17, 15) is 4.79 Å². The Hall–Kier alpha value is -5.29. The van der Waals surface area contributed by atoms with Gasteiger partial charge < -0.3 is 18.9 Å². The average molecular weight is 557 g/mol. The highest BCUT2D eigenvalue weighted by Crippen LogP contribution is 2.34. The van der Waals surface area contributed by atoms with Gasteiger partial charge in [-0.1, -0.05) is 103 Å². The monoisotopic (exact) mass is 556 g/mol. The van der Waals surface area contributed by atoms with Crippen LogP contribution in [-0.2, 0) is 19.8 Å². The van der Waals surface area contributed by atoms with Crippen LogP contribution in [0.25, 0.3) is 6.08 Å². The molecular weight excluding hydrogens is 524 g/mol.